The van der Waals surface area contributed by atoms with E-state index < -0.39 is 0 Å². The molecule has 1 aromatic heterocycles. The van der Waals surface area contributed by atoms with Gasteiger partial charge in [0.05, 0.1) is 5.92 Å². The van der Waals surface area contributed by atoms with Gasteiger partial charge in [-0.15, -0.1) is 0 Å². The van der Waals surface area contributed by atoms with Gasteiger partial charge in [0, 0.05) is 44.4 Å². The van der Waals surface area contributed by atoms with Crippen molar-refractivity contribution in [2.24, 2.45) is 5.92 Å². The van der Waals surface area contributed by atoms with Crippen molar-refractivity contribution in [1.29, 1.82) is 0 Å². The number of hydrogen-bond acceptors (Lipinski definition) is 5. The summed E-state index contributed by atoms with van der Waals surface area (Å²) in [5.74, 6) is 1.33. The standard InChI is InChI=1S/C21H23N3O4/c25-20-7-5-16(13-24(20)10-8-17-3-1-2-9-22-17)21(26)23-12-15-4-6-18-19(11-15)28-14-27-18/h1-4,6,9,11,16H,5,7-8,10,12-14H2,(H,23,26). The van der Waals surface area contributed by atoms with Gasteiger partial charge in [-0.05, 0) is 36.2 Å². The van der Waals surface area contributed by atoms with Crippen molar-refractivity contribution in [3.63, 3.8) is 0 Å². The van der Waals surface area contributed by atoms with Crippen molar-refractivity contribution in [2.75, 3.05) is 19.9 Å². The van der Waals surface area contributed by atoms with E-state index in [1.165, 1.54) is 0 Å². The molecule has 1 fully saturated rings. The minimum Gasteiger partial charge on any atom is -0.454 e. The molecule has 7 heteroatoms. The number of aromatic nitrogens is 1. The number of nitrogens with one attached hydrogen (secondary N) is 1. The number of carbonyl (C=O) groups is 2. The fourth-order valence-electron chi connectivity index (χ4n) is 3.52. The fourth-order valence-corrected chi connectivity index (χ4v) is 3.52. The lowest BCUT2D eigenvalue weighted by Crippen LogP contribution is -2.46. The third kappa shape index (κ3) is 4.24. The van der Waals surface area contributed by atoms with Crippen LogP contribution < -0.4 is 14.8 Å². The van der Waals surface area contributed by atoms with E-state index in [0.717, 1.165) is 17.0 Å². The van der Waals surface area contributed by atoms with Crippen molar-refractivity contribution >= 4 is 11.8 Å². The van der Waals surface area contributed by atoms with E-state index in [1.807, 2.05) is 36.4 Å². The predicted molar refractivity (Wildman–Crippen MR) is 102 cm³/mol. The summed E-state index contributed by atoms with van der Waals surface area (Å²) in [5.41, 5.74) is 1.90. The molecule has 1 N–H and O–H groups in total. The first-order valence-corrected chi connectivity index (χ1v) is 9.53. The number of piperidine rings is 1. The second-order valence-corrected chi connectivity index (χ2v) is 7.05. The monoisotopic (exact) mass is 381 g/mol. The van der Waals surface area contributed by atoms with E-state index >= 15 is 0 Å². The summed E-state index contributed by atoms with van der Waals surface area (Å²) in [6, 6.07) is 11.4. The Balaban J connectivity index is 1.29. The summed E-state index contributed by atoms with van der Waals surface area (Å²) < 4.78 is 10.7. The second-order valence-electron chi connectivity index (χ2n) is 7.05. The molecule has 1 unspecified atom stereocenters. The topological polar surface area (TPSA) is 80.8 Å². The van der Waals surface area contributed by atoms with Gasteiger partial charge in [-0.3, -0.25) is 14.6 Å². The zero-order valence-electron chi connectivity index (χ0n) is 15.6. The first kappa shape index (κ1) is 18.3. The summed E-state index contributed by atoms with van der Waals surface area (Å²) in [5, 5.41) is 2.98. The van der Waals surface area contributed by atoms with Crippen LogP contribution >= 0.6 is 0 Å². The minimum atomic E-state index is -0.185. The first-order valence-electron chi connectivity index (χ1n) is 9.53. The Bertz CT molecular complexity index is 856. The van der Waals surface area contributed by atoms with E-state index in [0.29, 0.717) is 44.6 Å². The lowest BCUT2D eigenvalue weighted by atomic mass is 9.96. The number of nitrogens with zero attached hydrogens (tertiary/aromatic N) is 2. The lowest BCUT2D eigenvalue weighted by Gasteiger charge is -2.32. The van der Waals surface area contributed by atoms with Crippen LogP contribution in [0.5, 0.6) is 11.5 Å². The van der Waals surface area contributed by atoms with Crippen LogP contribution in [0.25, 0.3) is 0 Å². The molecule has 0 radical (unpaired) electrons. The molecule has 28 heavy (non-hydrogen) atoms. The van der Waals surface area contributed by atoms with Gasteiger partial charge in [0.15, 0.2) is 11.5 Å². The smallest absolute Gasteiger partial charge is 0.231 e. The number of ether oxygens (including phenoxy) is 2. The van der Waals surface area contributed by atoms with Gasteiger partial charge in [0.1, 0.15) is 0 Å². The van der Waals surface area contributed by atoms with Crippen molar-refractivity contribution < 1.29 is 19.1 Å². The van der Waals surface area contributed by atoms with Crippen LogP contribution in [0.1, 0.15) is 24.1 Å². The minimum absolute atomic E-state index is 0.0204. The van der Waals surface area contributed by atoms with Gasteiger partial charge in [-0.1, -0.05) is 12.1 Å². The highest BCUT2D eigenvalue weighted by Gasteiger charge is 2.30. The normalized spacial score (nSPS) is 18.2. The van der Waals surface area contributed by atoms with Crippen LogP contribution in [0, 0.1) is 5.92 Å². The highest BCUT2D eigenvalue weighted by atomic mass is 16.7. The van der Waals surface area contributed by atoms with Crippen LogP contribution in [0.4, 0.5) is 0 Å². The van der Waals surface area contributed by atoms with Crippen molar-refractivity contribution in [2.45, 2.75) is 25.8 Å². The third-order valence-corrected chi connectivity index (χ3v) is 5.14. The Morgan fingerprint density at radius 3 is 2.96 bits per heavy atom. The van der Waals surface area contributed by atoms with E-state index in [9.17, 15) is 9.59 Å². The van der Waals surface area contributed by atoms with E-state index in [-0.39, 0.29) is 24.5 Å². The molecule has 1 aromatic carbocycles. The Labute approximate surface area is 163 Å². The van der Waals surface area contributed by atoms with Crippen LogP contribution in [-0.4, -0.2) is 41.6 Å². The number of benzene rings is 1. The summed E-state index contributed by atoms with van der Waals surface area (Å²) in [7, 11) is 0. The molecule has 146 valence electrons. The molecule has 2 aliphatic heterocycles. The van der Waals surface area contributed by atoms with Crippen molar-refractivity contribution in [3.8, 4) is 11.5 Å². The summed E-state index contributed by atoms with van der Waals surface area (Å²) >= 11 is 0. The Morgan fingerprint density at radius 2 is 2.11 bits per heavy atom. The Morgan fingerprint density at radius 1 is 1.21 bits per heavy atom. The van der Waals surface area contributed by atoms with Gasteiger partial charge in [0.25, 0.3) is 0 Å². The highest BCUT2D eigenvalue weighted by Crippen LogP contribution is 2.32. The van der Waals surface area contributed by atoms with Gasteiger partial charge in [-0.25, -0.2) is 0 Å². The first-order chi connectivity index (χ1) is 13.7. The summed E-state index contributed by atoms with van der Waals surface area (Å²) in [4.78, 5) is 30.9. The number of amides is 2. The van der Waals surface area contributed by atoms with Gasteiger partial charge >= 0.3 is 0 Å². The summed E-state index contributed by atoms with van der Waals surface area (Å²) in [6.07, 6.45) is 3.44. The quantitative estimate of drug-likeness (QED) is 0.827. The van der Waals surface area contributed by atoms with Gasteiger partial charge in [-0.2, -0.15) is 0 Å². The van der Waals surface area contributed by atoms with Gasteiger partial charge < -0.3 is 19.7 Å². The second kappa shape index (κ2) is 8.29. The number of rotatable bonds is 6. The number of fused-ring (bicyclic) bond motifs is 1. The largest absolute Gasteiger partial charge is 0.454 e. The molecule has 2 amide bonds. The zero-order valence-corrected chi connectivity index (χ0v) is 15.6. The Hall–Kier alpha value is -3.09. The van der Waals surface area contributed by atoms with E-state index in [2.05, 4.69) is 10.3 Å². The van der Waals surface area contributed by atoms with Crippen molar-refractivity contribution in [1.82, 2.24) is 15.2 Å². The molecule has 1 saturated heterocycles. The molecule has 2 aliphatic rings. The maximum absolute atomic E-state index is 12.6. The maximum Gasteiger partial charge on any atom is 0.231 e. The molecule has 3 heterocycles. The van der Waals surface area contributed by atoms with Crippen LogP contribution in [0.15, 0.2) is 42.6 Å². The maximum atomic E-state index is 12.6. The summed E-state index contributed by atoms with van der Waals surface area (Å²) in [6.45, 7) is 1.70. The molecular weight excluding hydrogens is 358 g/mol. The van der Waals surface area contributed by atoms with E-state index in [4.69, 9.17) is 9.47 Å². The fraction of sp³-hybridized carbons (Fsp3) is 0.381. The molecule has 1 atom stereocenters. The highest BCUT2D eigenvalue weighted by molar-refractivity contribution is 5.83. The average molecular weight is 381 g/mol. The molecule has 7 nitrogen and oxygen atoms in total. The number of carbonyl (C=O) groups excluding carboxylic acids is 2. The Kier molecular flexibility index (Phi) is 5.41. The molecule has 4 rings (SSSR count). The van der Waals surface area contributed by atoms with E-state index in [1.54, 1.807) is 11.1 Å². The van der Waals surface area contributed by atoms with Crippen LogP contribution in [0.3, 0.4) is 0 Å². The predicted octanol–water partition coefficient (Wildman–Crippen LogP) is 1.91. The SMILES string of the molecule is O=C(NCc1ccc2c(c1)OCO2)C1CCC(=O)N(CCc2ccccn2)C1. The van der Waals surface area contributed by atoms with Crippen molar-refractivity contribution in [3.05, 3.63) is 53.9 Å². The number of likely N-dealkylation sites (tertiary alicyclic amines) is 1. The molecule has 0 saturated carbocycles. The number of hydrogen-bond donors (Lipinski definition) is 1. The average Bonchev–Trinajstić information content (AvgIpc) is 3.20. The molecule has 0 aliphatic carbocycles. The van der Waals surface area contributed by atoms with Gasteiger partial charge in [0.2, 0.25) is 18.6 Å². The van der Waals surface area contributed by atoms with Crippen LogP contribution in [0.2, 0.25) is 0 Å². The lowest BCUT2D eigenvalue weighted by molar-refractivity contribution is -0.138. The molecule has 2 aromatic rings. The molecule has 0 bridgehead atoms. The molecule has 0 spiro atoms. The zero-order chi connectivity index (χ0) is 19.3. The third-order valence-electron chi connectivity index (χ3n) is 5.14. The van der Waals surface area contributed by atoms with Crippen LogP contribution in [-0.2, 0) is 22.6 Å². The molecular formula is C21H23N3O4. The number of pyridine rings is 1.